The van der Waals surface area contributed by atoms with Crippen molar-refractivity contribution in [3.63, 3.8) is 0 Å². The van der Waals surface area contributed by atoms with Gasteiger partial charge in [0.25, 0.3) is 0 Å². The summed E-state index contributed by atoms with van der Waals surface area (Å²) in [6.07, 6.45) is 3.40. The minimum atomic E-state index is 0.242. The van der Waals surface area contributed by atoms with Crippen LogP contribution in [-0.2, 0) is 7.05 Å². The predicted molar refractivity (Wildman–Crippen MR) is 75.2 cm³/mol. The van der Waals surface area contributed by atoms with Crippen molar-refractivity contribution in [3.05, 3.63) is 23.8 Å². The summed E-state index contributed by atoms with van der Waals surface area (Å²) < 4.78 is 1.76. The quantitative estimate of drug-likeness (QED) is 0.572. The molecule has 7 nitrogen and oxygen atoms in total. The molecule has 0 fully saturated rings. The first-order valence-corrected chi connectivity index (χ1v) is 6.11. The SMILES string of the molecule is Cc1nn(C)cc1Nc1ncnc(NN)c1C(C)C. The molecule has 0 radical (unpaired) electrons. The van der Waals surface area contributed by atoms with Gasteiger partial charge >= 0.3 is 0 Å². The molecule has 4 N–H and O–H groups in total. The van der Waals surface area contributed by atoms with Crippen LogP contribution in [0.15, 0.2) is 12.5 Å². The Hall–Kier alpha value is -2.15. The van der Waals surface area contributed by atoms with E-state index in [4.69, 9.17) is 5.84 Å². The number of aryl methyl sites for hydroxylation is 2. The summed E-state index contributed by atoms with van der Waals surface area (Å²) in [5.74, 6) is 7.12. The number of hydrazine groups is 1. The van der Waals surface area contributed by atoms with Crippen molar-refractivity contribution in [3.8, 4) is 0 Å². The lowest BCUT2D eigenvalue weighted by Crippen LogP contribution is -2.14. The number of nitrogen functional groups attached to an aromatic ring is 1. The second-order valence-electron chi connectivity index (χ2n) is 4.71. The monoisotopic (exact) mass is 261 g/mol. The fourth-order valence-electron chi connectivity index (χ4n) is 2.01. The number of aromatic nitrogens is 4. The average Bonchev–Trinajstić information content (AvgIpc) is 2.67. The van der Waals surface area contributed by atoms with E-state index in [-0.39, 0.29) is 5.92 Å². The van der Waals surface area contributed by atoms with Gasteiger partial charge in [0.1, 0.15) is 18.0 Å². The Morgan fingerprint density at radius 1 is 1.26 bits per heavy atom. The molecular formula is C12H19N7. The zero-order chi connectivity index (χ0) is 14.0. The molecule has 2 aromatic rings. The lowest BCUT2D eigenvalue weighted by atomic mass is 10.0. The molecule has 0 saturated carbocycles. The Morgan fingerprint density at radius 3 is 2.47 bits per heavy atom. The van der Waals surface area contributed by atoms with Crippen LogP contribution in [0.4, 0.5) is 17.3 Å². The summed E-state index contributed by atoms with van der Waals surface area (Å²) in [6, 6.07) is 0. The average molecular weight is 261 g/mol. The van der Waals surface area contributed by atoms with Gasteiger partial charge in [-0.15, -0.1) is 0 Å². The highest BCUT2D eigenvalue weighted by Gasteiger charge is 2.15. The van der Waals surface area contributed by atoms with Gasteiger partial charge in [-0.1, -0.05) is 13.8 Å². The molecule has 0 amide bonds. The van der Waals surface area contributed by atoms with Crippen LogP contribution in [0.5, 0.6) is 0 Å². The molecule has 0 atom stereocenters. The van der Waals surface area contributed by atoms with Gasteiger partial charge in [-0.05, 0) is 12.8 Å². The second kappa shape index (κ2) is 5.23. The summed E-state index contributed by atoms with van der Waals surface area (Å²) in [5.41, 5.74) is 5.40. The van der Waals surface area contributed by atoms with Gasteiger partial charge in [0.2, 0.25) is 0 Å². The van der Waals surface area contributed by atoms with Crippen molar-refractivity contribution >= 4 is 17.3 Å². The lowest BCUT2D eigenvalue weighted by Gasteiger charge is -2.15. The molecule has 2 heterocycles. The van der Waals surface area contributed by atoms with Crippen molar-refractivity contribution in [1.29, 1.82) is 0 Å². The number of nitrogens with zero attached hydrogens (tertiary/aromatic N) is 4. The van der Waals surface area contributed by atoms with E-state index < -0.39 is 0 Å². The topological polar surface area (TPSA) is 93.7 Å². The third kappa shape index (κ3) is 2.65. The van der Waals surface area contributed by atoms with Crippen LogP contribution in [0.3, 0.4) is 0 Å². The molecule has 7 heteroatoms. The number of nitrogens with two attached hydrogens (primary N) is 1. The van der Waals surface area contributed by atoms with Crippen molar-refractivity contribution in [2.24, 2.45) is 12.9 Å². The highest BCUT2D eigenvalue weighted by Crippen LogP contribution is 2.30. The summed E-state index contributed by atoms with van der Waals surface area (Å²) in [7, 11) is 1.88. The second-order valence-corrected chi connectivity index (χ2v) is 4.71. The molecule has 0 aliphatic carbocycles. The Balaban J connectivity index is 2.42. The minimum absolute atomic E-state index is 0.242. The first kappa shape index (κ1) is 13.3. The Kier molecular flexibility index (Phi) is 3.66. The molecule has 0 aromatic carbocycles. The van der Waals surface area contributed by atoms with Crippen molar-refractivity contribution in [2.45, 2.75) is 26.7 Å². The van der Waals surface area contributed by atoms with Crippen LogP contribution in [0.1, 0.15) is 31.0 Å². The van der Waals surface area contributed by atoms with Crippen molar-refractivity contribution < 1.29 is 0 Å². The van der Waals surface area contributed by atoms with E-state index in [1.807, 2.05) is 20.2 Å². The number of anilines is 3. The number of hydrogen-bond acceptors (Lipinski definition) is 6. The van der Waals surface area contributed by atoms with E-state index in [1.165, 1.54) is 6.33 Å². The van der Waals surface area contributed by atoms with E-state index in [0.29, 0.717) is 5.82 Å². The zero-order valence-corrected chi connectivity index (χ0v) is 11.6. The first-order valence-electron chi connectivity index (χ1n) is 6.11. The maximum atomic E-state index is 5.50. The molecule has 0 unspecified atom stereocenters. The maximum Gasteiger partial charge on any atom is 0.148 e. The van der Waals surface area contributed by atoms with Gasteiger partial charge < -0.3 is 10.7 Å². The van der Waals surface area contributed by atoms with Gasteiger partial charge in [0.15, 0.2) is 0 Å². The summed E-state index contributed by atoms with van der Waals surface area (Å²) in [4.78, 5) is 8.44. The van der Waals surface area contributed by atoms with E-state index in [2.05, 4.69) is 39.7 Å². The van der Waals surface area contributed by atoms with Crippen molar-refractivity contribution in [2.75, 3.05) is 10.7 Å². The molecule has 0 spiro atoms. The molecular weight excluding hydrogens is 242 g/mol. The lowest BCUT2D eigenvalue weighted by molar-refractivity contribution is 0.756. The Bertz CT molecular complexity index is 573. The van der Waals surface area contributed by atoms with Crippen LogP contribution in [-0.4, -0.2) is 19.7 Å². The highest BCUT2D eigenvalue weighted by atomic mass is 15.3. The smallest absolute Gasteiger partial charge is 0.148 e. The molecule has 2 rings (SSSR count). The van der Waals surface area contributed by atoms with Gasteiger partial charge in [0, 0.05) is 18.8 Å². The van der Waals surface area contributed by atoms with E-state index in [1.54, 1.807) is 4.68 Å². The molecule has 19 heavy (non-hydrogen) atoms. The fraction of sp³-hybridized carbons (Fsp3) is 0.417. The maximum absolute atomic E-state index is 5.50. The Labute approximate surface area is 112 Å². The first-order chi connectivity index (χ1) is 9.02. The molecule has 0 saturated heterocycles. The zero-order valence-electron chi connectivity index (χ0n) is 11.6. The fourth-order valence-corrected chi connectivity index (χ4v) is 2.01. The van der Waals surface area contributed by atoms with Gasteiger partial charge in [-0.2, -0.15) is 5.10 Å². The van der Waals surface area contributed by atoms with E-state index in [0.717, 1.165) is 22.8 Å². The van der Waals surface area contributed by atoms with Crippen LogP contribution in [0, 0.1) is 6.92 Å². The molecule has 0 aliphatic heterocycles. The largest absolute Gasteiger partial charge is 0.337 e. The van der Waals surface area contributed by atoms with Crippen LogP contribution >= 0.6 is 0 Å². The van der Waals surface area contributed by atoms with Gasteiger partial charge in [-0.25, -0.2) is 15.8 Å². The van der Waals surface area contributed by atoms with Crippen molar-refractivity contribution in [1.82, 2.24) is 19.7 Å². The Morgan fingerprint density at radius 2 is 1.95 bits per heavy atom. The molecule has 0 aliphatic rings. The third-order valence-electron chi connectivity index (χ3n) is 2.86. The standard InChI is InChI=1S/C12H19N7/c1-7(2)10-11(14-6-15-12(10)17-13)16-9-5-19(4)18-8(9)3/h5-7H,13H2,1-4H3,(H2,14,15,16,17). The van der Waals surface area contributed by atoms with Crippen LogP contribution < -0.4 is 16.6 Å². The number of rotatable bonds is 4. The highest BCUT2D eigenvalue weighted by molar-refractivity contribution is 5.66. The van der Waals surface area contributed by atoms with Gasteiger partial charge in [0.05, 0.1) is 11.4 Å². The number of hydrogen-bond donors (Lipinski definition) is 3. The number of nitrogens with one attached hydrogen (secondary N) is 2. The van der Waals surface area contributed by atoms with Crippen LogP contribution in [0.25, 0.3) is 0 Å². The summed E-state index contributed by atoms with van der Waals surface area (Å²) in [5, 5.41) is 7.58. The minimum Gasteiger partial charge on any atom is -0.337 e. The summed E-state index contributed by atoms with van der Waals surface area (Å²) >= 11 is 0. The van der Waals surface area contributed by atoms with E-state index in [9.17, 15) is 0 Å². The van der Waals surface area contributed by atoms with E-state index >= 15 is 0 Å². The third-order valence-corrected chi connectivity index (χ3v) is 2.86. The predicted octanol–water partition coefficient (Wildman–Crippen LogP) is 1.67. The molecule has 0 bridgehead atoms. The summed E-state index contributed by atoms with van der Waals surface area (Å²) in [6.45, 7) is 6.09. The normalized spacial score (nSPS) is 10.8. The van der Waals surface area contributed by atoms with Gasteiger partial charge in [-0.3, -0.25) is 4.68 Å². The van der Waals surface area contributed by atoms with Crippen LogP contribution in [0.2, 0.25) is 0 Å². The molecule has 2 aromatic heterocycles. The molecule has 102 valence electrons.